The van der Waals surface area contributed by atoms with Crippen molar-refractivity contribution in [1.29, 1.82) is 0 Å². The average Bonchev–Trinajstić information content (AvgIpc) is 2.72. The third kappa shape index (κ3) is 1.23. The standard InChI is InChI=1S/C11H18O2/c1-10(2)7-11(10,8-12)9-5-3-4-6-13-9/h8-9H,3-7H2,1-2H3. The molecule has 1 aliphatic heterocycles. The van der Waals surface area contributed by atoms with E-state index in [4.69, 9.17) is 4.74 Å². The maximum Gasteiger partial charge on any atom is 0.129 e. The first-order valence-corrected chi connectivity index (χ1v) is 5.20. The molecule has 0 bridgehead atoms. The normalized spacial score (nSPS) is 42.8. The van der Waals surface area contributed by atoms with Crippen molar-refractivity contribution < 1.29 is 9.53 Å². The van der Waals surface area contributed by atoms with Gasteiger partial charge in [-0.15, -0.1) is 0 Å². The van der Waals surface area contributed by atoms with Crippen molar-refractivity contribution >= 4 is 6.29 Å². The molecule has 0 spiro atoms. The molecule has 2 nitrogen and oxygen atoms in total. The first-order valence-electron chi connectivity index (χ1n) is 5.20. The number of rotatable bonds is 2. The minimum atomic E-state index is -0.145. The van der Waals surface area contributed by atoms with Gasteiger partial charge in [0.1, 0.15) is 6.29 Å². The second kappa shape index (κ2) is 2.81. The maximum absolute atomic E-state index is 11.1. The van der Waals surface area contributed by atoms with Gasteiger partial charge in [-0.2, -0.15) is 0 Å². The third-order valence-corrected chi connectivity index (χ3v) is 3.83. The summed E-state index contributed by atoms with van der Waals surface area (Å²) in [5.41, 5.74) is 0.0319. The number of aldehydes is 1. The lowest BCUT2D eigenvalue weighted by atomic mass is 9.87. The minimum Gasteiger partial charge on any atom is -0.377 e. The largest absolute Gasteiger partial charge is 0.377 e. The average molecular weight is 182 g/mol. The van der Waals surface area contributed by atoms with Gasteiger partial charge in [0, 0.05) is 6.61 Å². The summed E-state index contributed by atoms with van der Waals surface area (Å²) >= 11 is 0. The minimum absolute atomic E-state index is 0.145. The molecule has 1 saturated carbocycles. The van der Waals surface area contributed by atoms with E-state index < -0.39 is 0 Å². The summed E-state index contributed by atoms with van der Waals surface area (Å²) in [5, 5.41) is 0. The Kier molecular flexibility index (Phi) is 1.99. The summed E-state index contributed by atoms with van der Waals surface area (Å²) in [6.07, 6.45) is 5.80. The van der Waals surface area contributed by atoms with Crippen LogP contribution in [0.5, 0.6) is 0 Å². The second-order valence-corrected chi connectivity index (χ2v) is 5.07. The summed E-state index contributed by atoms with van der Waals surface area (Å²) in [6, 6.07) is 0. The van der Waals surface area contributed by atoms with Gasteiger partial charge in [0.05, 0.1) is 11.5 Å². The highest BCUT2D eigenvalue weighted by Crippen LogP contribution is 2.65. The fourth-order valence-corrected chi connectivity index (χ4v) is 2.66. The van der Waals surface area contributed by atoms with Crippen LogP contribution in [0.2, 0.25) is 0 Å². The molecule has 1 saturated heterocycles. The van der Waals surface area contributed by atoms with Crippen LogP contribution in [0.1, 0.15) is 39.5 Å². The SMILES string of the molecule is CC1(C)CC1(C=O)C1CCCCO1. The van der Waals surface area contributed by atoms with E-state index in [1.807, 2.05) is 0 Å². The van der Waals surface area contributed by atoms with Crippen LogP contribution in [0.25, 0.3) is 0 Å². The Morgan fingerprint density at radius 2 is 2.08 bits per heavy atom. The lowest BCUT2D eigenvalue weighted by Gasteiger charge is -2.29. The van der Waals surface area contributed by atoms with Gasteiger partial charge in [-0.25, -0.2) is 0 Å². The number of carbonyl (C=O) groups excluding carboxylic acids is 1. The molecule has 1 heterocycles. The molecule has 2 heteroatoms. The Labute approximate surface area is 79.7 Å². The van der Waals surface area contributed by atoms with Gasteiger partial charge in [0.25, 0.3) is 0 Å². The lowest BCUT2D eigenvalue weighted by molar-refractivity contribution is -0.122. The molecular formula is C11H18O2. The van der Waals surface area contributed by atoms with Gasteiger partial charge < -0.3 is 9.53 Å². The van der Waals surface area contributed by atoms with Gasteiger partial charge in [-0.05, 0) is 31.1 Å². The number of hydrogen-bond acceptors (Lipinski definition) is 2. The topological polar surface area (TPSA) is 26.3 Å². The van der Waals surface area contributed by atoms with Gasteiger partial charge >= 0.3 is 0 Å². The van der Waals surface area contributed by atoms with Crippen LogP contribution in [-0.2, 0) is 9.53 Å². The fourth-order valence-electron chi connectivity index (χ4n) is 2.66. The van der Waals surface area contributed by atoms with Crippen molar-refractivity contribution in [1.82, 2.24) is 0 Å². The van der Waals surface area contributed by atoms with E-state index in [-0.39, 0.29) is 16.9 Å². The zero-order valence-electron chi connectivity index (χ0n) is 8.51. The highest BCUT2D eigenvalue weighted by atomic mass is 16.5. The van der Waals surface area contributed by atoms with Crippen molar-refractivity contribution in [2.75, 3.05) is 6.61 Å². The van der Waals surface area contributed by atoms with E-state index in [2.05, 4.69) is 13.8 Å². The van der Waals surface area contributed by atoms with Crippen LogP contribution in [0.4, 0.5) is 0 Å². The van der Waals surface area contributed by atoms with Gasteiger partial charge in [-0.1, -0.05) is 13.8 Å². The molecule has 0 radical (unpaired) electrons. The summed E-state index contributed by atoms with van der Waals surface area (Å²) in [7, 11) is 0. The van der Waals surface area contributed by atoms with Crippen molar-refractivity contribution in [3.63, 3.8) is 0 Å². The van der Waals surface area contributed by atoms with Crippen LogP contribution in [0.3, 0.4) is 0 Å². The predicted molar refractivity (Wildman–Crippen MR) is 50.5 cm³/mol. The number of carbonyl (C=O) groups is 1. The molecule has 0 aromatic carbocycles. The second-order valence-electron chi connectivity index (χ2n) is 5.07. The molecule has 2 unspecified atom stereocenters. The molecule has 2 fully saturated rings. The lowest BCUT2D eigenvalue weighted by Crippen LogP contribution is -2.33. The summed E-state index contributed by atoms with van der Waals surface area (Å²) < 4.78 is 5.70. The summed E-state index contributed by atoms with van der Waals surface area (Å²) in [5.74, 6) is 0. The van der Waals surface area contributed by atoms with Crippen LogP contribution in [-0.4, -0.2) is 19.0 Å². The van der Waals surface area contributed by atoms with Gasteiger partial charge in [0.15, 0.2) is 0 Å². The molecule has 2 rings (SSSR count). The molecule has 2 aliphatic rings. The Morgan fingerprint density at radius 3 is 2.46 bits per heavy atom. The van der Waals surface area contributed by atoms with Crippen LogP contribution < -0.4 is 0 Å². The highest BCUT2D eigenvalue weighted by Gasteiger charge is 2.65. The molecule has 13 heavy (non-hydrogen) atoms. The van der Waals surface area contributed by atoms with E-state index in [1.54, 1.807) is 0 Å². The van der Waals surface area contributed by atoms with E-state index in [9.17, 15) is 4.79 Å². The number of ether oxygens (including phenoxy) is 1. The Hall–Kier alpha value is -0.370. The molecule has 0 N–H and O–H groups in total. The Balaban J connectivity index is 2.09. The van der Waals surface area contributed by atoms with E-state index in [1.165, 1.54) is 6.42 Å². The zero-order chi connectivity index (χ0) is 9.53. The smallest absolute Gasteiger partial charge is 0.129 e. The van der Waals surface area contributed by atoms with Crippen molar-refractivity contribution in [3.05, 3.63) is 0 Å². The Bertz CT molecular complexity index is 216. The van der Waals surface area contributed by atoms with E-state index in [0.717, 1.165) is 32.2 Å². The first-order chi connectivity index (χ1) is 6.12. The first kappa shape index (κ1) is 9.20. The maximum atomic E-state index is 11.1. The predicted octanol–water partition coefficient (Wildman–Crippen LogP) is 2.17. The molecular weight excluding hydrogens is 164 g/mol. The Morgan fingerprint density at radius 1 is 1.38 bits per heavy atom. The summed E-state index contributed by atoms with van der Waals surface area (Å²) in [6.45, 7) is 5.18. The zero-order valence-corrected chi connectivity index (χ0v) is 8.51. The molecule has 0 amide bonds. The van der Waals surface area contributed by atoms with E-state index in [0.29, 0.717) is 0 Å². The van der Waals surface area contributed by atoms with Crippen molar-refractivity contribution in [2.45, 2.75) is 45.6 Å². The third-order valence-electron chi connectivity index (χ3n) is 3.83. The highest BCUT2D eigenvalue weighted by molar-refractivity contribution is 5.67. The number of hydrogen-bond donors (Lipinski definition) is 0. The fraction of sp³-hybridized carbons (Fsp3) is 0.909. The summed E-state index contributed by atoms with van der Waals surface area (Å²) in [4.78, 5) is 11.1. The van der Waals surface area contributed by atoms with Crippen molar-refractivity contribution in [2.24, 2.45) is 10.8 Å². The monoisotopic (exact) mass is 182 g/mol. The van der Waals surface area contributed by atoms with Crippen LogP contribution in [0, 0.1) is 10.8 Å². The van der Waals surface area contributed by atoms with Gasteiger partial charge in [-0.3, -0.25) is 0 Å². The molecule has 0 aromatic rings. The van der Waals surface area contributed by atoms with Crippen molar-refractivity contribution in [3.8, 4) is 0 Å². The van der Waals surface area contributed by atoms with E-state index >= 15 is 0 Å². The molecule has 74 valence electrons. The van der Waals surface area contributed by atoms with Crippen LogP contribution >= 0.6 is 0 Å². The van der Waals surface area contributed by atoms with Crippen LogP contribution in [0.15, 0.2) is 0 Å². The van der Waals surface area contributed by atoms with Gasteiger partial charge in [0.2, 0.25) is 0 Å². The molecule has 1 aliphatic carbocycles. The molecule has 2 atom stereocenters. The molecule has 0 aromatic heterocycles. The quantitative estimate of drug-likeness (QED) is 0.612.